The van der Waals surface area contributed by atoms with Gasteiger partial charge < -0.3 is 31.1 Å². The highest BCUT2D eigenvalue weighted by Crippen LogP contribution is 2.54. The molecule has 0 unspecified atom stereocenters. The highest BCUT2D eigenvalue weighted by molar-refractivity contribution is 6.25. The fraction of sp³-hybridized carbons (Fsp3) is 0.370. The topological polar surface area (TPSA) is 165 Å². The smallest absolute Gasteiger partial charge is 0.255 e. The number of hydrogen-bond donors (Lipinski definition) is 5. The Morgan fingerprint density at radius 2 is 1.76 bits per heavy atom. The fourth-order valence-corrected chi connectivity index (χ4v) is 6.58. The van der Waals surface area contributed by atoms with Gasteiger partial charge in [0, 0.05) is 42.0 Å². The number of nitrogens with two attached hydrogens (primary N) is 1. The molecule has 6 N–H and O–H groups in total. The summed E-state index contributed by atoms with van der Waals surface area (Å²) < 4.78 is 14.1. The van der Waals surface area contributed by atoms with Crippen molar-refractivity contribution in [3.8, 4) is 5.75 Å². The minimum atomic E-state index is -2.71. The van der Waals surface area contributed by atoms with Crippen LogP contribution in [-0.2, 0) is 16.0 Å². The summed E-state index contributed by atoms with van der Waals surface area (Å²) in [6.07, 6.45) is 0.129. The molecular formula is C27H28FN3O7. The lowest BCUT2D eigenvalue weighted by atomic mass is 9.58. The Balaban J connectivity index is 1.80. The van der Waals surface area contributed by atoms with E-state index in [1.165, 1.54) is 17.0 Å². The Labute approximate surface area is 217 Å². The van der Waals surface area contributed by atoms with Gasteiger partial charge in [0.05, 0.1) is 11.6 Å². The number of aliphatic hydroxyl groups is 3. The molecule has 1 amide bonds. The van der Waals surface area contributed by atoms with Crippen molar-refractivity contribution in [2.24, 2.45) is 17.6 Å². The van der Waals surface area contributed by atoms with Crippen LogP contribution in [0.2, 0.25) is 0 Å². The number of carbonyl (C=O) groups excluding carboxylic acids is 3. The van der Waals surface area contributed by atoms with Gasteiger partial charge in [-0.05, 0) is 56.6 Å². The average molecular weight is 526 g/mol. The second-order valence-electron chi connectivity index (χ2n) is 10.6. The van der Waals surface area contributed by atoms with Crippen molar-refractivity contribution in [2.75, 3.05) is 33.1 Å². The summed E-state index contributed by atoms with van der Waals surface area (Å²) in [5.74, 6) is -7.88. The number of benzene rings is 2. The van der Waals surface area contributed by atoms with Crippen LogP contribution in [-0.4, -0.2) is 82.6 Å². The zero-order valence-corrected chi connectivity index (χ0v) is 21.2. The lowest BCUT2D eigenvalue weighted by Gasteiger charge is -2.50. The summed E-state index contributed by atoms with van der Waals surface area (Å²) in [6, 6.07) is 2.81. The molecule has 3 aliphatic rings. The van der Waals surface area contributed by atoms with E-state index < -0.39 is 69.6 Å². The summed E-state index contributed by atoms with van der Waals surface area (Å²) in [7, 11) is 6.64. The van der Waals surface area contributed by atoms with Crippen LogP contribution in [0.15, 0.2) is 40.9 Å². The number of allylic oxidation sites excluding steroid dienone is 1. The van der Waals surface area contributed by atoms with E-state index in [-0.39, 0.29) is 29.4 Å². The van der Waals surface area contributed by atoms with Crippen LogP contribution in [0, 0.1) is 17.7 Å². The van der Waals surface area contributed by atoms with Gasteiger partial charge in [-0.3, -0.25) is 19.3 Å². The number of aliphatic hydroxyl groups excluding tert-OH is 2. The number of nitrogens with zero attached hydrogens (tertiary/aromatic N) is 2. The molecule has 0 radical (unpaired) electrons. The number of carbonyl (C=O) groups is 3. The maximum atomic E-state index is 14.1. The van der Waals surface area contributed by atoms with E-state index in [1.54, 1.807) is 33.1 Å². The lowest BCUT2D eigenvalue weighted by molar-refractivity contribution is -0.148. The number of aromatic hydroxyl groups is 1. The Kier molecular flexibility index (Phi) is 5.59. The highest BCUT2D eigenvalue weighted by atomic mass is 19.1. The number of anilines is 1. The van der Waals surface area contributed by atoms with Crippen LogP contribution in [0.1, 0.15) is 22.3 Å². The standard InChI is InChI=1S/C27H28FN3O7/c1-30(2)19-12-6-5-11(28)9-13(12)21(32)17-14(19)7-10-8-15-20(31(3)4)23(34)18(26(29)37)25(36)27(15,38)24(35)16(10)22(17)33/h5-6,9-10,15,20,32,34-35,38H,7-8H2,1-4H3,(H2,29,37)/t10-,15-,20-,27-/m0/s1. The van der Waals surface area contributed by atoms with Gasteiger partial charge in [0.15, 0.2) is 11.4 Å². The number of rotatable bonds is 3. The number of ketones is 2. The van der Waals surface area contributed by atoms with Crippen LogP contribution in [0.3, 0.4) is 0 Å². The maximum absolute atomic E-state index is 14.1. The largest absolute Gasteiger partial charge is 0.510 e. The van der Waals surface area contributed by atoms with E-state index in [0.717, 1.165) is 6.07 Å². The van der Waals surface area contributed by atoms with Crippen molar-refractivity contribution in [2.45, 2.75) is 24.5 Å². The SMILES string of the molecule is CN(C)c1c2c(c(O)c3cc(F)ccc13)C(=O)C1=C(O)[C@]3(O)C(=O)C(C(N)=O)=C(O)[C@@H](N(C)C)[C@@H]3C[C@@H]1C2. The van der Waals surface area contributed by atoms with Crippen molar-refractivity contribution < 1.29 is 39.2 Å². The number of fused-ring (bicyclic) bond motifs is 4. The normalized spacial score (nSPS) is 27.0. The average Bonchev–Trinajstić information content (AvgIpc) is 2.81. The summed E-state index contributed by atoms with van der Waals surface area (Å²) in [5, 5.41) is 45.7. The van der Waals surface area contributed by atoms with E-state index in [4.69, 9.17) is 5.73 Å². The number of halogens is 1. The minimum absolute atomic E-state index is 0.0130. The van der Waals surface area contributed by atoms with Gasteiger partial charge in [-0.25, -0.2) is 4.39 Å². The summed E-state index contributed by atoms with van der Waals surface area (Å²) in [5.41, 5.74) is 2.41. The summed E-state index contributed by atoms with van der Waals surface area (Å²) in [6.45, 7) is 0. The molecule has 0 bridgehead atoms. The first-order valence-electron chi connectivity index (χ1n) is 12.0. The zero-order valence-electron chi connectivity index (χ0n) is 21.2. The molecule has 2 aromatic carbocycles. The molecule has 10 nitrogen and oxygen atoms in total. The Morgan fingerprint density at radius 1 is 1.11 bits per heavy atom. The maximum Gasteiger partial charge on any atom is 0.255 e. The number of primary amides is 1. The predicted molar refractivity (Wildman–Crippen MR) is 135 cm³/mol. The van der Waals surface area contributed by atoms with E-state index in [1.807, 2.05) is 0 Å². The van der Waals surface area contributed by atoms with Crippen LogP contribution in [0.5, 0.6) is 5.75 Å². The van der Waals surface area contributed by atoms with E-state index in [2.05, 4.69) is 0 Å². The zero-order chi connectivity index (χ0) is 28.0. The Hall–Kier alpha value is -3.96. The molecule has 0 spiro atoms. The summed E-state index contributed by atoms with van der Waals surface area (Å²) in [4.78, 5) is 42.6. The molecule has 38 heavy (non-hydrogen) atoms. The first-order valence-corrected chi connectivity index (χ1v) is 12.0. The van der Waals surface area contributed by atoms with Crippen molar-refractivity contribution in [3.05, 3.63) is 57.8 Å². The van der Waals surface area contributed by atoms with Gasteiger partial charge in [0.2, 0.25) is 5.78 Å². The lowest BCUT2D eigenvalue weighted by Crippen LogP contribution is -2.63. The van der Waals surface area contributed by atoms with Crippen LogP contribution < -0.4 is 10.6 Å². The fourth-order valence-electron chi connectivity index (χ4n) is 6.58. The molecule has 0 aromatic heterocycles. The minimum Gasteiger partial charge on any atom is -0.510 e. The second-order valence-corrected chi connectivity index (χ2v) is 10.6. The third-order valence-electron chi connectivity index (χ3n) is 8.08. The number of likely N-dealkylation sites (N-methyl/N-ethyl adjacent to an activating group) is 1. The van der Waals surface area contributed by atoms with Gasteiger partial charge >= 0.3 is 0 Å². The number of phenols is 1. The first-order chi connectivity index (χ1) is 17.7. The molecular weight excluding hydrogens is 497 g/mol. The summed E-state index contributed by atoms with van der Waals surface area (Å²) >= 11 is 0. The number of phenolic OH excluding ortho intramolecular Hbond substituents is 1. The second kappa shape index (κ2) is 8.27. The molecule has 11 heteroatoms. The van der Waals surface area contributed by atoms with E-state index in [0.29, 0.717) is 16.6 Å². The van der Waals surface area contributed by atoms with Gasteiger partial charge in [0.1, 0.15) is 28.7 Å². The molecule has 3 aliphatic carbocycles. The van der Waals surface area contributed by atoms with Crippen LogP contribution in [0.25, 0.3) is 10.8 Å². The van der Waals surface area contributed by atoms with Gasteiger partial charge in [-0.15, -0.1) is 0 Å². The van der Waals surface area contributed by atoms with E-state index in [9.17, 15) is 39.2 Å². The molecule has 0 aliphatic heterocycles. The van der Waals surface area contributed by atoms with Crippen molar-refractivity contribution in [3.63, 3.8) is 0 Å². The van der Waals surface area contributed by atoms with Crippen molar-refractivity contribution >= 4 is 33.9 Å². The van der Waals surface area contributed by atoms with Crippen LogP contribution in [0.4, 0.5) is 10.1 Å². The van der Waals surface area contributed by atoms with Gasteiger partial charge in [-0.2, -0.15) is 0 Å². The number of Topliss-reactive ketones (excluding diaryl/α,β-unsaturated/α-hetero) is 2. The third kappa shape index (κ3) is 3.15. The molecule has 0 saturated carbocycles. The van der Waals surface area contributed by atoms with E-state index >= 15 is 0 Å². The van der Waals surface area contributed by atoms with Crippen molar-refractivity contribution in [1.29, 1.82) is 0 Å². The van der Waals surface area contributed by atoms with Gasteiger partial charge in [0.25, 0.3) is 5.91 Å². The number of amides is 1. The predicted octanol–water partition coefficient (Wildman–Crippen LogP) is 1.48. The molecule has 200 valence electrons. The number of hydrogen-bond acceptors (Lipinski definition) is 9. The Morgan fingerprint density at radius 3 is 2.34 bits per heavy atom. The molecule has 0 heterocycles. The molecule has 5 rings (SSSR count). The van der Waals surface area contributed by atoms with Crippen LogP contribution >= 0.6 is 0 Å². The van der Waals surface area contributed by atoms with Crippen molar-refractivity contribution in [1.82, 2.24) is 4.90 Å². The monoisotopic (exact) mass is 525 g/mol. The molecule has 0 saturated heterocycles. The quantitative estimate of drug-likeness (QED) is 0.373. The van der Waals surface area contributed by atoms with Gasteiger partial charge in [-0.1, -0.05) is 0 Å². The molecule has 0 fully saturated rings. The third-order valence-corrected chi connectivity index (χ3v) is 8.08. The highest BCUT2D eigenvalue weighted by Gasteiger charge is 2.63. The molecule has 2 aromatic rings. The molecule has 4 atom stereocenters. The Bertz CT molecular complexity index is 1530. The first kappa shape index (κ1) is 25.7.